The molecule has 0 aliphatic carbocycles. The molecule has 1 aliphatic rings. The first kappa shape index (κ1) is 68.7. The summed E-state index contributed by atoms with van der Waals surface area (Å²) in [6.45, 7) is 5.70. The molecule has 6 atom stereocenters. The van der Waals surface area contributed by atoms with Gasteiger partial charge in [-0.15, -0.1) is 0 Å². The highest BCUT2D eigenvalue weighted by atomic mass is 16.7. The fourth-order valence-corrected chi connectivity index (χ4v) is 8.15. The van der Waals surface area contributed by atoms with Crippen molar-refractivity contribution in [2.24, 2.45) is 0 Å². The Labute approximate surface area is 453 Å². The van der Waals surface area contributed by atoms with Crippen LogP contribution in [0.15, 0.2) is 97.2 Å². The van der Waals surface area contributed by atoms with Gasteiger partial charge in [0, 0.05) is 19.3 Å². The van der Waals surface area contributed by atoms with Crippen molar-refractivity contribution in [1.82, 2.24) is 0 Å². The molecule has 6 unspecified atom stereocenters. The Kier molecular flexibility index (Phi) is 46.2. The molecule has 0 aromatic rings. The number of esters is 3. The van der Waals surface area contributed by atoms with E-state index in [0.717, 1.165) is 116 Å². The van der Waals surface area contributed by atoms with Crippen molar-refractivity contribution >= 4 is 23.9 Å². The largest absolute Gasteiger partial charge is 0.479 e. The van der Waals surface area contributed by atoms with E-state index in [1.54, 1.807) is 0 Å². The van der Waals surface area contributed by atoms with Gasteiger partial charge in [0.05, 0.1) is 6.61 Å². The lowest BCUT2D eigenvalue weighted by Crippen LogP contribution is -2.61. The van der Waals surface area contributed by atoms with Crippen LogP contribution in [0.4, 0.5) is 0 Å². The number of carbonyl (C=O) groups excluding carboxylic acids is 3. The van der Waals surface area contributed by atoms with Gasteiger partial charge in [0.15, 0.2) is 24.6 Å². The minimum absolute atomic E-state index is 0.0434. The molecule has 0 spiro atoms. The predicted molar refractivity (Wildman–Crippen MR) is 303 cm³/mol. The summed E-state index contributed by atoms with van der Waals surface area (Å²) in [4.78, 5) is 51.0. The number of ether oxygens (including phenoxy) is 5. The highest BCUT2D eigenvalue weighted by molar-refractivity contribution is 5.74. The van der Waals surface area contributed by atoms with Gasteiger partial charge >= 0.3 is 23.9 Å². The number of rotatable bonds is 48. The number of hydrogen-bond acceptors (Lipinski definition) is 11. The van der Waals surface area contributed by atoms with Crippen molar-refractivity contribution < 1.29 is 58.2 Å². The van der Waals surface area contributed by atoms with E-state index >= 15 is 0 Å². The monoisotopic (exact) mass is 1050 g/mol. The average molecular weight is 1050 g/mol. The van der Waals surface area contributed by atoms with Gasteiger partial charge in [-0.05, 0) is 103 Å². The third kappa shape index (κ3) is 40.6. The number of carboxylic acids is 1. The van der Waals surface area contributed by atoms with E-state index in [2.05, 4.69) is 106 Å². The number of unbranched alkanes of at least 4 members (excludes halogenated alkanes) is 18. The zero-order valence-corrected chi connectivity index (χ0v) is 46.8. The summed E-state index contributed by atoms with van der Waals surface area (Å²) in [6.07, 6.45) is 53.9. The molecule has 0 bridgehead atoms. The summed E-state index contributed by atoms with van der Waals surface area (Å²) in [7, 11) is 0. The molecule has 75 heavy (non-hydrogen) atoms. The van der Waals surface area contributed by atoms with E-state index < -0.39 is 67.3 Å². The molecule has 0 radical (unpaired) electrons. The molecule has 12 nitrogen and oxygen atoms in total. The summed E-state index contributed by atoms with van der Waals surface area (Å²) in [5.41, 5.74) is 0. The fourth-order valence-electron chi connectivity index (χ4n) is 8.15. The fraction of sp³-hybridized carbons (Fsp3) is 0.683. The van der Waals surface area contributed by atoms with Crippen LogP contribution in [-0.2, 0) is 42.9 Å². The second-order valence-electron chi connectivity index (χ2n) is 19.5. The van der Waals surface area contributed by atoms with Gasteiger partial charge in [-0.2, -0.15) is 0 Å². The maximum atomic E-state index is 13.1. The van der Waals surface area contributed by atoms with E-state index in [9.17, 15) is 34.5 Å². The number of aliphatic hydroxyl groups excluding tert-OH is 2. The van der Waals surface area contributed by atoms with Gasteiger partial charge < -0.3 is 39.0 Å². The third-order valence-electron chi connectivity index (χ3n) is 12.6. The molecule has 1 rings (SSSR count). The van der Waals surface area contributed by atoms with E-state index in [1.807, 2.05) is 12.2 Å². The number of carboxylic acid groups (broad SMARTS) is 1. The summed E-state index contributed by atoms with van der Waals surface area (Å²) in [6, 6.07) is 0. The lowest BCUT2D eigenvalue weighted by molar-refractivity contribution is -0.301. The Morgan fingerprint density at radius 1 is 0.453 bits per heavy atom. The average Bonchev–Trinajstić information content (AvgIpc) is 3.39. The Balaban J connectivity index is 2.71. The SMILES string of the molecule is CC/C=C\C/C=C\C/C=C\C/C=C\CCC(=O)OCC(COC1OC(C(=O)O)C(O)C(O)C1OC(=O)CCCCCCCCCCC/C=C\C/C=C\CCCCC)OC(=O)CCCCCCC/C=C\C/C=C\CCC. The highest BCUT2D eigenvalue weighted by Gasteiger charge is 2.50. The van der Waals surface area contributed by atoms with Gasteiger partial charge in [-0.3, -0.25) is 14.4 Å². The molecule has 12 heteroatoms. The quantitative estimate of drug-likeness (QED) is 0.0228. The molecule has 0 saturated carbocycles. The van der Waals surface area contributed by atoms with Crippen LogP contribution in [0.25, 0.3) is 0 Å². The smallest absolute Gasteiger partial charge is 0.335 e. The lowest BCUT2D eigenvalue weighted by Gasteiger charge is -2.40. The summed E-state index contributed by atoms with van der Waals surface area (Å²) in [5, 5.41) is 31.5. The Morgan fingerprint density at radius 2 is 0.893 bits per heavy atom. The predicted octanol–water partition coefficient (Wildman–Crippen LogP) is 14.9. The molecule has 0 aromatic carbocycles. The van der Waals surface area contributed by atoms with E-state index in [1.165, 1.54) is 51.4 Å². The van der Waals surface area contributed by atoms with Crippen LogP contribution >= 0.6 is 0 Å². The van der Waals surface area contributed by atoms with Crippen molar-refractivity contribution in [3.8, 4) is 0 Å². The molecule has 1 saturated heterocycles. The van der Waals surface area contributed by atoms with Crippen LogP contribution < -0.4 is 0 Å². The zero-order chi connectivity index (χ0) is 54.7. The maximum absolute atomic E-state index is 13.1. The second-order valence-corrected chi connectivity index (χ2v) is 19.5. The minimum Gasteiger partial charge on any atom is -0.479 e. The van der Waals surface area contributed by atoms with Crippen LogP contribution in [0.2, 0.25) is 0 Å². The molecule has 1 heterocycles. The Morgan fingerprint density at radius 3 is 1.39 bits per heavy atom. The molecular formula is C63H102O12. The van der Waals surface area contributed by atoms with Crippen LogP contribution in [-0.4, -0.2) is 89.2 Å². The zero-order valence-electron chi connectivity index (χ0n) is 46.8. The normalized spacial score (nSPS) is 18.9. The number of aliphatic hydroxyl groups is 2. The highest BCUT2D eigenvalue weighted by Crippen LogP contribution is 2.26. The van der Waals surface area contributed by atoms with Crippen LogP contribution in [0.5, 0.6) is 0 Å². The molecular weight excluding hydrogens is 949 g/mol. The van der Waals surface area contributed by atoms with Gasteiger partial charge in [-0.25, -0.2) is 4.79 Å². The van der Waals surface area contributed by atoms with Crippen molar-refractivity contribution in [2.75, 3.05) is 13.2 Å². The lowest BCUT2D eigenvalue weighted by atomic mass is 9.98. The number of aliphatic carboxylic acids is 1. The first-order valence-electron chi connectivity index (χ1n) is 29.2. The van der Waals surface area contributed by atoms with E-state index in [0.29, 0.717) is 19.3 Å². The molecule has 3 N–H and O–H groups in total. The topological polar surface area (TPSA) is 175 Å². The molecule has 426 valence electrons. The van der Waals surface area contributed by atoms with Gasteiger partial charge in [-0.1, -0.05) is 201 Å². The second kappa shape index (κ2) is 50.5. The van der Waals surface area contributed by atoms with Crippen LogP contribution in [0.3, 0.4) is 0 Å². The Hall–Kier alpha value is -4.36. The molecule has 1 fully saturated rings. The number of carbonyl (C=O) groups is 4. The molecule has 0 aromatic heterocycles. The standard InChI is InChI=1S/C63H102O12/c1-4-7-10-13-16-19-22-25-26-27-28-29-30-33-36-39-42-45-48-51-57(66)74-61-59(68)58(67)60(62(69)70)75-63(61)72-53-54(73-56(65)50-47-44-41-38-35-32-24-21-18-15-12-9-6-3)52-71-55(64)49-46-43-40-37-34-31-23-20-17-14-11-8-5-2/h8,11-12,15-17,19-21,24-26,31,34,40,43,54,58-61,63,67-68H,4-7,9-10,13-14,18,22-23,27-30,32-33,35-39,41-42,44-53H2,1-3H3,(H,69,70)/b11-8-,15-12-,19-16-,20-17-,24-21-,26-25-,34-31-,43-40-. The molecule has 0 amide bonds. The number of allylic oxidation sites excluding steroid dienone is 16. The van der Waals surface area contributed by atoms with Gasteiger partial charge in [0.1, 0.15) is 18.8 Å². The third-order valence-corrected chi connectivity index (χ3v) is 12.6. The van der Waals surface area contributed by atoms with Crippen molar-refractivity contribution in [3.05, 3.63) is 97.2 Å². The minimum atomic E-state index is -1.92. The molecule has 1 aliphatic heterocycles. The summed E-state index contributed by atoms with van der Waals surface area (Å²) < 4.78 is 28.3. The first-order valence-corrected chi connectivity index (χ1v) is 29.2. The van der Waals surface area contributed by atoms with Crippen molar-refractivity contribution in [3.63, 3.8) is 0 Å². The van der Waals surface area contributed by atoms with Gasteiger partial charge in [0.25, 0.3) is 0 Å². The maximum Gasteiger partial charge on any atom is 0.335 e. The van der Waals surface area contributed by atoms with E-state index in [4.69, 9.17) is 23.7 Å². The summed E-state index contributed by atoms with van der Waals surface area (Å²) in [5.74, 6) is -3.26. The van der Waals surface area contributed by atoms with E-state index in [-0.39, 0.29) is 25.9 Å². The van der Waals surface area contributed by atoms with Crippen molar-refractivity contribution in [2.45, 2.75) is 263 Å². The van der Waals surface area contributed by atoms with Gasteiger partial charge in [0.2, 0.25) is 0 Å². The number of hydrogen-bond donors (Lipinski definition) is 3. The Bertz CT molecular complexity index is 1670. The first-order chi connectivity index (χ1) is 36.6. The summed E-state index contributed by atoms with van der Waals surface area (Å²) >= 11 is 0. The van der Waals surface area contributed by atoms with Crippen LogP contribution in [0.1, 0.15) is 226 Å². The van der Waals surface area contributed by atoms with Crippen molar-refractivity contribution in [1.29, 1.82) is 0 Å². The van der Waals surface area contributed by atoms with Crippen LogP contribution in [0, 0.1) is 0 Å².